The molecule has 0 aliphatic carbocycles. The number of carbonyl (C=O) groups excluding carboxylic acids is 2. The lowest BCUT2D eigenvalue weighted by Crippen LogP contribution is -2.69. The van der Waals surface area contributed by atoms with E-state index in [1.54, 1.807) is 17.6 Å². The highest BCUT2D eigenvalue weighted by Gasteiger charge is 2.70. The third kappa shape index (κ3) is 5.08. The molecule has 0 bridgehead atoms. The smallest absolute Gasteiger partial charge is 0.315 e. The van der Waals surface area contributed by atoms with Gasteiger partial charge in [0.15, 0.2) is 0 Å². The minimum absolute atomic E-state index is 0.0571. The van der Waals surface area contributed by atoms with Crippen molar-refractivity contribution < 1.29 is 35.9 Å². The molecule has 1 aromatic carbocycles. The average molecular weight is 413 g/mol. The van der Waals surface area contributed by atoms with Gasteiger partial charge in [0, 0.05) is 5.56 Å². The second-order valence-electron chi connectivity index (χ2n) is 7.12. The summed E-state index contributed by atoms with van der Waals surface area (Å²) in [7, 11) is 0. The van der Waals surface area contributed by atoms with Crippen LogP contribution in [-0.4, -0.2) is 29.8 Å². The summed E-state index contributed by atoms with van der Waals surface area (Å²) in [6.07, 6.45) is -13.1. The van der Waals surface area contributed by atoms with E-state index in [1.807, 2.05) is 20.8 Å². The fraction of sp³-hybridized carbons (Fsp3) is 0.529. The number of hydrazine groups is 1. The molecule has 3 amide bonds. The van der Waals surface area contributed by atoms with Crippen molar-refractivity contribution in [1.82, 2.24) is 16.2 Å². The van der Waals surface area contributed by atoms with Gasteiger partial charge in [-0.3, -0.25) is 10.2 Å². The van der Waals surface area contributed by atoms with Crippen LogP contribution in [0.1, 0.15) is 50.0 Å². The number of benzene rings is 1. The number of hydrogen-bond donors (Lipinski definition) is 3. The summed E-state index contributed by atoms with van der Waals surface area (Å²) in [4.78, 5) is 23.5. The lowest BCUT2D eigenvalue weighted by Gasteiger charge is -2.36. The van der Waals surface area contributed by atoms with E-state index in [2.05, 4.69) is 0 Å². The fourth-order valence-electron chi connectivity index (χ4n) is 2.32. The highest BCUT2D eigenvalue weighted by molar-refractivity contribution is 5.95. The summed E-state index contributed by atoms with van der Waals surface area (Å²) in [5.74, 6) is -0.906. The van der Waals surface area contributed by atoms with Crippen molar-refractivity contribution in [2.45, 2.75) is 57.4 Å². The summed E-state index contributed by atoms with van der Waals surface area (Å²) in [5, 5.41) is 0.881. The van der Waals surface area contributed by atoms with Crippen molar-refractivity contribution in [3.8, 4) is 0 Å². The first kappa shape index (κ1) is 23.6. The summed E-state index contributed by atoms with van der Waals surface area (Å²) >= 11 is 0. The number of urea groups is 1. The van der Waals surface area contributed by atoms with Gasteiger partial charge in [0.1, 0.15) is 0 Å². The lowest BCUT2D eigenvalue weighted by molar-refractivity contribution is -0.304. The zero-order chi connectivity index (χ0) is 22.0. The van der Waals surface area contributed by atoms with Crippen molar-refractivity contribution in [3.05, 3.63) is 35.4 Å². The highest BCUT2D eigenvalue weighted by Crippen LogP contribution is 2.45. The number of rotatable bonds is 3. The van der Waals surface area contributed by atoms with Gasteiger partial charge in [-0.05, 0) is 29.5 Å². The van der Waals surface area contributed by atoms with Crippen molar-refractivity contribution in [2.24, 2.45) is 0 Å². The van der Waals surface area contributed by atoms with Crippen LogP contribution in [-0.2, 0) is 5.41 Å². The zero-order valence-electron chi connectivity index (χ0n) is 15.6. The number of halogens is 6. The zero-order valence-corrected chi connectivity index (χ0v) is 15.6. The van der Waals surface area contributed by atoms with Crippen molar-refractivity contribution in [1.29, 1.82) is 0 Å². The van der Waals surface area contributed by atoms with Crippen LogP contribution in [0.2, 0.25) is 0 Å². The van der Waals surface area contributed by atoms with Gasteiger partial charge in [0.25, 0.3) is 5.91 Å². The Morgan fingerprint density at radius 3 is 1.68 bits per heavy atom. The Bertz CT molecular complexity index is 692. The number of carbonyl (C=O) groups is 2. The molecule has 3 N–H and O–H groups in total. The third-order valence-electron chi connectivity index (χ3n) is 4.13. The van der Waals surface area contributed by atoms with Gasteiger partial charge in [0.05, 0.1) is 0 Å². The molecule has 0 saturated heterocycles. The van der Waals surface area contributed by atoms with Crippen molar-refractivity contribution >= 4 is 11.9 Å². The van der Waals surface area contributed by atoms with Crippen molar-refractivity contribution in [2.75, 3.05) is 0 Å². The molecule has 1 rings (SSSR count). The van der Waals surface area contributed by atoms with Crippen LogP contribution < -0.4 is 16.2 Å². The maximum atomic E-state index is 13.0. The molecule has 11 heteroatoms. The highest BCUT2D eigenvalue weighted by atomic mass is 19.4. The SMILES string of the molecule is CCC(NC(=O)NNC(=O)c1ccc(C(C)(C)C)cc1)(C(F)(F)F)C(F)(F)F. The normalized spacial score (nSPS) is 13.1. The molecule has 0 saturated carbocycles. The molecule has 0 aromatic heterocycles. The molecule has 0 radical (unpaired) electrons. The average Bonchev–Trinajstić information content (AvgIpc) is 2.54. The van der Waals surface area contributed by atoms with E-state index >= 15 is 0 Å². The Morgan fingerprint density at radius 1 is 0.857 bits per heavy atom. The van der Waals surface area contributed by atoms with Crippen LogP contribution in [0.3, 0.4) is 0 Å². The van der Waals surface area contributed by atoms with E-state index in [0.29, 0.717) is 6.92 Å². The van der Waals surface area contributed by atoms with Gasteiger partial charge in [-0.25, -0.2) is 10.2 Å². The van der Waals surface area contributed by atoms with Crippen LogP contribution in [0.5, 0.6) is 0 Å². The molecule has 0 unspecified atom stereocenters. The number of nitrogens with one attached hydrogen (secondary N) is 3. The monoisotopic (exact) mass is 413 g/mol. The molecule has 5 nitrogen and oxygen atoms in total. The first-order valence-electron chi connectivity index (χ1n) is 8.17. The number of amides is 3. The Labute approximate surface area is 157 Å². The molecule has 0 fully saturated rings. The van der Waals surface area contributed by atoms with E-state index in [4.69, 9.17) is 0 Å². The second-order valence-corrected chi connectivity index (χ2v) is 7.12. The van der Waals surface area contributed by atoms with E-state index in [9.17, 15) is 35.9 Å². The summed E-state index contributed by atoms with van der Waals surface area (Å²) in [6, 6.07) is 4.26. The molecule has 28 heavy (non-hydrogen) atoms. The van der Waals surface area contributed by atoms with Gasteiger partial charge < -0.3 is 5.32 Å². The quantitative estimate of drug-likeness (QED) is 0.514. The summed E-state index contributed by atoms with van der Waals surface area (Å²) in [5.41, 5.74) is -0.391. The summed E-state index contributed by atoms with van der Waals surface area (Å²) in [6.45, 7) is 6.45. The molecule has 1 aromatic rings. The minimum atomic E-state index is -5.79. The number of hydrogen-bond acceptors (Lipinski definition) is 2. The van der Waals surface area contributed by atoms with E-state index in [0.717, 1.165) is 10.9 Å². The van der Waals surface area contributed by atoms with Gasteiger partial charge >= 0.3 is 18.4 Å². The maximum absolute atomic E-state index is 13.0. The molecular weight excluding hydrogens is 392 g/mol. The molecule has 0 atom stereocenters. The molecule has 158 valence electrons. The number of alkyl halides is 6. The topological polar surface area (TPSA) is 70.2 Å². The standard InChI is InChI=1S/C17H21F6N3O2/c1-5-15(16(18,19)20,17(21,22)23)24-13(28)26-25-12(27)10-6-8-11(9-7-10)14(2,3)4/h6-9H,5H2,1-4H3,(H,25,27)(H2,24,26,28). The van der Waals surface area contributed by atoms with Gasteiger partial charge in [-0.2, -0.15) is 26.3 Å². The largest absolute Gasteiger partial charge is 0.420 e. The van der Waals surface area contributed by atoms with Crippen LogP contribution in [0.4, 0.5) is 31.1 Å². The van der Waals surface area contributed by atoms with Gasteiger partial charge in [-0.1, -0.05) is 39.8 Å². The first-order chi connectivity index (χ1) is 12.5. The predicted octanol–water partition coefficient (Wildman–Crippen LogP) is 4.20. The molecular formula is C17H21F6N3O2. The van der Waals surface area contributed by atoms with E-state index in [-0.39, 0.29) is 11.0 Å². The van der Waals surface area contributed by atoms with Gasteiger partial charge in [0.2, 0.25) is 5.54 Å². The summed E-state index contributed by atoms with van der Waals surface area (Å²) < 4.78 is 77.9. The van der Waals surface area contributed by atoms with Crippen LogP contribution >= 0.6 is 0 Å². The Hall–Kier alpha value is -2.46. The van der Waals surface area contributed by atoms with E-state index < -0.39 is 36.3 Å². The van der Waals surface area contributed by atoms with E-state index in [1.165, 1.54) is 17.6 Å². The first-order valence-corrected chi connectivity index (χ1v) is 8.17. The molecule has 0 aliphatic rings. The van der Waals surface area contributed by atoms with Crippen LogP contribution in [0.15, 0.2) is 24.3 Å². The lowest BCUT2D eigenvalue weighted by atomic mass is 9.87. The Kier molecular flexibility index (Phi) is 6.64. The maximum Gasteiger partial charge on any atom is 0.420 e. The predicted molar refractivity (Wildman–Crippen MR) is 89.4 cm³/mol. The van der Waals surface area contributed by atoms with Crippen LogP contribution in [0, 0.1) is 0 Å². The Balaban J connectivity index is 2.84. The molecule has 0 aliphatic heterocycles. The minimum Gasteiger partial charge on any atom is -0.315 e. The molecule has 0 spiro atoms. The fourth-order valence-corrected chi connectivity index (χ4v) is 2.32. The van der Waals surface area contributed by atoms with Gasteiger partial charge in [-0.15, -0.1) is 0 Å². The third-order valence-corrected chi connectivity index (χ3v) is 4.13. The Morgan fingerprint density at radius 2 is 1.32 bits per heavy atom. The van der Waals surface area contributed by atoms with Crippen LogP contribution in [0.25, 0.3) is 0 Å². The molecule has 0 heterocycles. The second kappa shape index (κ2) is 7.88. The van der Waals surface area contributed by atoms with Crippen molar-refractivity contribution in [3.63, 3.8) is 0 Å².